The van der Waals surface area contributed by atoms with Crippen LogP contribution in [0.25, 0.3) is 0 Å². The van der Waals surface area contributed by atoms with Crippen LogP contribution in [0, 0.1) is 0 Å². The van der Waals surface area contributed by atoms with Gasteiger partial charge in [-0.05, 0) is 23.2 Å². The highest BCUT2D eigenvalue weighted by Gasteiger charge is 2.39. The molecule has 96 valence electrons. The van der Waals surface area contributed by atoms with Crippen molar-refractivity contribution in [3.63, 3.8) is 0 Å². The summed E-state index contributed by atoms with van der Waals surface area (Å²) in [5, 5.41) is 3.88. The van der Waals surface area contributed by atoms with Crippen molar-refractivity contribution in [3.05, 3.63) is 22.4 Å². The SMILES string of the molecule is O=C([C@@H]1N=CO[C@H]1c1ccsc1)N1CC[C@H](F)C1. The lowest BCUT2D eigenvalue weighted by molar-refractivity contribution is -0.133. The van der Waals surface area contributed by atoms with Crippen LogP contribution in [0.1, 0.15) is 18.1 Å². The lowest BCUT2D eigenvalue weighted by atomic mass is 10.1. The molecule has 1 aromatic heterocycles. The van der Waals surface area contributed by atoms with Crippen LogP contribution in [0.5, 0.6) is 0 Å². The largest absolute Gasteiger partial charge is 0.473 e. The monoisotopic (exact) mass is 268 g/mol. The molecule has 2 aliphatic heterocycles. The molecule has 0 aromatic carbocycles. The van der Waals surface area contributed by atoms with Gasteiger partial charge in [0.1, 0.15) is 6.17 Å². The number of alkyl halides is 1. The quantitative estimate of drug-likeness (QED) is 0.820. The molecule has 3 heterocycles. The van der Waals surface area contributed by atoms with E-state index in [9.17, 15) is 9.18 Å². The summed E-state index contributed by atoms with van der Waals surface area (Å²) in [4.78, 5) is 17.9. The Morgan fingerprint density at radius 1 is 1.61 bits per heavy atom. The van der Waals surface area contributed by atoms with Crippen LogP contribution in [0.2, 0.25) is 0 Å². The Labute approximate surface area is 108 Å². The number of hydrogen-bond acceptors (Lipinski definition) is 4. The zero-order valence-corrected chi connectivity index (χ0v) is 10.5. The topological polar surface area (TPSA) is 41.9 Å². The number of halogens is 1. The van der Waals surface area contributed by atoms with E-state index >= 15 is 0 Å². The Bertz CT molecular complexity index is 463. The summed E-state index contributed by atoms with van der Waals surface area (Å²) >= 11 is 1.55. The Morgan fingerprint density at radius 3 is 3.17 bits per heavy atom. The van der Waals surface area contributed by atoms with E-state index in [2.05, 4.69) is 4.99 Å². The number of ether oxygens (including phenoxy) is 1. The zero-order valence-electron chi connectivity index (χ0n) is 9.66. The van der Waals surface area contributed by atoms with Gasteiger partial charge >= 0.3 is 0 Å². The standard InChI is InChI=1S/C12H13FN2O2S/c13-9-1-3-15(5-9)12(16)10-11(17-7-14-10)8-2-4-18-6-8/h2,4,6-7,9-11H,1,3,5H2/t9-,10+,11-/m0/s1. The predicted octanol–water partition coefficient (Wildman–Crippen LogP) is 1.79. The van der Waals surface area contributed by atoms with E-state index in [0.29, 0.717) is 13.0 Å². The number of amides is 1. The minimum Gasteiger partial charge on any atom is -0.473 e. The van der Waals surface area contributed by atoms with Crippen molar-refractivity contribution in [3.8, 4) is 0 Å². The Morgan fingerprint density at radius 2 is 2.50 bits per heavy atom. The summed E-state index contributed by atoms with van der Waals surface area (Å²) in [6.07, 6.45) is 0.488. The van der Waals surface area contributed by atoms with E-state index in [1.54, 1.807) is 16.2 Å². The molecule has 3 rings (SSSR count). The van der Waals surface area contributed by atoms with Crippen LogP contribution in [-0.2, 0) is 9.53 Å². The van der Waals surface area contributed by atoms with Crippen LogP contribution >= 0.6 is 11.3 Å². The van der Waals surface area contributed by atoms with E-state index in [0.717, 1.165) is 5.56 Å². The van der Waals surface area contributed by atoms with Crippen molar-refractivity contribution >= 4 is 23.6 Å². The molecule has 0 unspecified atom stereocenters. The van der Waals surface area contributed by atoms with Gasteiger partial charge in [0.15, 0.2) is 18.5 Å². The van der Waals surface area contributed by atoms with E-state index in [-0.39, 0.29) is 18.6 Å². The van der Waals surface area contributed by atoms with Gasteiger partial charge in [0.25, 0.3) is 5.91 Å². The summed E-state index contributed by atoms with van der Waals surface area (Å²) in [5.41, 5.74) is 0.951. The molecule has 2 aliphatic rings. The Balaban J connectivity index is 1.74. The summed E-state index contributed by atoms with van der Waals surface area (Å²) < 4.78 is 18.5. The summed E-state index contributed by atoms with van der Waals surface area (Å²) in [7, 11) is 0. The van der Waals surface area contributed by atoms with Crippen LogP contribution in [0.3, 0.4) is 0 Å². The van der Waals surface area contributed by atoms with Crippen molar-refractivity contribution in [2.45, 2.75) is 24.7 Å². The normalized spacial score (nSPS) is 30.7. The fraction of sp³-hybridized carbons (Fsp3) is 0.500. The van der Waals surface area contributed by atoms with Crippen LogP contribution < -0.4 is 0 Å². The maximum absolute atomic E-state index is 13.1. The molecule has 6 heteroatoms. The predicted molar refractivity (Wildman–Crippen MR) is 66.5 cm³/mol. The average Bonchev–Trinajstić information content (AvgIpc) is 3.08. The van der Waals surface area contributed by atoms with Crippen molar-refractivity contribution < 1.29 is 13.9 Å². The van der Waals surface area contributed by atoms with Gasteiger partial charge in [0.2, 0.25) is 0 Å². The van der Waals surface area contributed by atoms with Gasteiger partial charge in [-0.3, -0.25) is 4.79 Å². The number of carbonyl (C=O) groups is 1. The molecule has 1 aromatic rings. The molecule has 18 heavy (non-hydrogen) atoms. The highest BCUT2D eigenvalue weighted by molar-refractivity contribution is 7.08. The Kier molecular flexibility index (Phi) is 3.03. The number of nitrogens with zero attached hydrogens (tertiary/aromatic N) is 2. The lowest BCUT2D eigenvalue weighted by Crippen LogP contribution is -2.38. The van der Waals surface area contributed by atoms with Gasteiger partial charge in [-0.1, -0.05) is 0 Å². The first-order valence-electron chi connectivity index (χ1n) is 5.88. The summed E-state index contributed by atoms with van der Waals surface area (Å²) in [6.45, 7) is 0.656. The third-order valence-electron chi connectivity index (χ3n) is 3.28. The van der Waals surface area contributed by atoms with Gasteiger partial charge in [-0.15, -0.1) is 0 Å². The molecule has 3 atom stereocenters. The van der Waals surface area contributed by atoms with Crippen LogP contribution in [-0.4, -0.2) is 42.5 Å². The van der Waals surface area contributed by atoms with Crippen molar-refractivity contribution in [1.82, 2.24) is 4.90 Å². The molecular formula is C12H13FN2O2S. The molecule has 1 saturated heterocycles. The van der Waals surface area contributed by atoms with E-state index < -0.39 is 12.2 Å². The third kappa shape index (κ3) is 2.01. The maximum atomic E-state index is 13.1. The second kappa shape index (κ2) is 4.68. The first-order valence-corrected chi connectivity index (χ1v) is 6.82. The van der Waals surface area contributed by atoms with Gasteiger partial charge < -0.3 is 9.64 Å². The fourth-order valence-corrected chi connectivity index (χ4v) is 3.00. The van der Waals surface area contributed by atoms with Gasteiger partial charge in [0, 0.05) is 12.1 Å². The number of carbonyl (C=O) groups excluding carboxylic acids is 1. The van der Waals surface area contributed by atoms with Gasteiger partial charge in [-0.25, -0.2) is 9.38 Å². The number of rotatable bonds is 2. The first kappa shape index (κ1) is 11.6. The van der Waals surface area contributed by atoms with E-state index in [4.69, 9.17) is 4.74 Å². The maximum Gasteiger partial charge on any atom is 0.251 e. The molecular weight excluding hydrogens is 255 g/mol. The zero-order chi connectivity index (χ0) is 12.5. The van der Waals surface area contributed by atoms with Crippen molar-refractivity contribution in [2.24, 2.45) is 4.99 Å². The van der Waals surface area contributed by atoms with Crippen LogP contribution in [0.15, 0.2) is 21.8 Å². The van der Waals surface area contributed by atoms with Crippen molar-refractivity contribution in [1.29, 1.82) is 0 Å². The molecule has 4 nitrogen and oxygen atoms in total. The summed E-state index contributed by atoms with van der Waals surface area (Å²) in [5.74, 6) is -0.139. The summed E-state index contributed by atoms with van der Waals surface area (Å²) in [6, 6.07) is 1.36. The number of aliphatic imine (C=N–C) groups is 1. The highest BCUT2D eigenvalue weighted by atomic mass is 32.1. The number of thiophene rings is 1. The minimum absolute atomic E-state index is 0.139. The smallest absolute Gasteiger partial charge is 0.251 e. The second-order valence-electron chi connectivity index (χ2n) is 4.48. The number of hydrogen-bond donors (Lipinski definition) is 0. The van der Waals surface area contributed by atoms with E-state index in [1.807, 2.05) is 16.8 Å². The highest BCUT2D eigenvalue weighted by Crippen LogP contribution is 2.30. The molecule has 0 saturated carbocycles. The third-order valence-corrected chi connectivity index (χ3v) is 3.98. The second-order valence-corrected chi connectivity index (χ2v) is 5.26. The fourth-order valence-electron chi connectivity index (χ4n) is 2.31. The van der Waals surface area contributed by atoms with Gasteiger partial charge in [0.05, 0.1) is 6.54 Å². The van der Waals surface area contributed by atoms with Crippen LogP contribution in [0.4, 0.5) is 4.39 Å². The minimum atomic E-state index is -0.903. The number of likely N-dealkylation sites (tertiary alicyclic amines) is 1. The lowest BCUT2D eigenvalue weighted by Gasteiger charge is -2.21. The molecule has 1 amide bonds. The molecule has 0 spiro atoms. The van der Waals surface area contributed by atoms with Gasteiger partial charge in [-0.2, -0.15) is 11.3 Å². The van der Waals surface area contributed by atoms with E-state index in [1.165, 1.54) is 6.40 Å². The average molecular weight is 268 g/mol. The van der Waals surface area contributed by atoms with Crippen molar-refractivity contribution in [2.75, 3.05) is 13.1 Å². The molecule has 0 aliphatic carbocycles. The first-order chi connectivity index (χ1) is 8.75. The molecule has 1 fully saturated rings. The molecule has 0 N–H and O–H groups in total. The molecule has 0 radical (unpaired) electrons. The molecule has 0 bridgehead atoms. The Hall–Kier alpha value is -1.43.